The standard InChI is InChI=1S/C27H29N3O3.2C24H25N3O3.C21H19N3O3/c31-16-18-6-12-22-20(14-18)9-13-23-26(22)30-25(19-7-10-21(32)11-8-19)27(28-23)29-24(33)15-17-4-2-1-3-5-17;1-14(2)11-21(30)26-24-22(16-4-7-18(29)8-5-16)27-23-19-9-3-15(13-28)12-17(19)6-10-20(23)25-24;1-3-14(2)24(30)27-23-21(16-5-8-18(29)9-6-16)26-22-19-10-4-15(13-28)12-17(19)7-11-20(22)25-23;1-12(26)22-21-19(14-3-6-16(27)7-4-14)24-20-17-8-2-13(11-25)10-15(17)5-9-18(20)23-21/h6-8,10-12,14,17,31-32H,1-5,9,13,15-16H2,(H,28,29,33);3-5,7-9,12,14,28-29H,6,10-11,13H2,1-2H3,(H,25,26,30);4-6,8-10,12,14,28-29H,3,7,11,13H2,1-2H3,(H,25,27,30);2-4,6-8,10,25,27H,5,9,11H2,1H3,(H,22,23,26). The fourth-order valence-corrected chi connectivity index (χ4v) is 15.8. The lowest BCUT2D eigenvalue weighted by molar-refractivity contribution is -0.119. The molecular formula is C96H98N12O12. The van der Waals surface area contributed by atoms with Gasteiger partial charge in [0.15, 0.2) is 23.3 Å². The lowest BCUT2D eigenvalue weighted by Crippen LogP contribution is -2.22. The number of benzene rings is 8. The monoisotopic (exact) mass is 1610 g/mol. The van der Waals surface area contributed by atoms with Crippen LogP contribution in [0.3, 0.4) is 0 Å². The highest BCUT2D eigenvalue weighted by Crippen LogP contribution is 2.43. The van der Waals surface area contributed by atoms with E-state index in [1.807, 2.05) is 100 Å². The quantitative estimate of drug-likeness (QED) is 0.0380. The van der Waals surface area contributed by atoms with Crippen molar-refractivity contribution in [2.75, 3.05) is 21.3 Å². The van der Waals surface area contributed by atoms with E-state index in [0.29, 0.717) is 84.1 Å². The molecule has 4 heterocycles. The Morgan fingerprint density at radius 1 is 0.358 bits per heavy atom. The number of nitrogens with zero attached hydrogens (tertiary/aromatic N) is 8. The van der Waals surface area contributed by atoms with E-state index in [4.69, 9.17) is 34.9 Å². The molecule has 17 rings (SSSR count). The van der Waals surface area contributed by atoms with E-state index in [-0.39, 0.29) is 84.9 Å². The number of amides is 4. The number of aromatic hydroxyl groups is 4. The van der Waals surface area contributed by atoms with Gasteiger partial charge in [-0.15, -0.1) is 0 Å². The van der Waals surface area contributed by atoms with E-state index in [1.165, 1.54) is 26.2 Å². The van der Waals surface area contributed by atoms with E-state index in [1.54, 1.807) is 97.1 Å². The molecule has 4 amide bonds. The maximum absolute atomic E-state index is 12.9. The number of carbonyl (C=O) groups excluding carboxylic acids is 4. The molecule has 5 aliphatic carbocycles. The molecule has 1 unspecified atom stereocenters. The van der Waals surface area contributed by atoms with Gasteiger partial charge in [0.2, 0.25) is 23.6 Å². The number of aliphatic hydroxyl groups is 4. The largest absolute Gasteiger partial charge is 0.508 e. The summed E-state index contributed by atoms with van der Waals surface area (Å²) in [5.41, 5.74) is 24.1. The molecule has 0 bridgehead atoms. The zero-order valence-corrected chi connectivity index (χ0v) is 67.8. The highest BCUT2D eigenvalue weighted by Gasteiger charge is 2.30. The van der Waals surface area contributed by atoms with E-state index < -0.39 is 0 Å². The Hall–Kier alpha value is -13.0. The van der Waals surface area contributed by atoms with Gasteiger partial charge in [-0.25, -0.2) is 39.9 Å². The molecular weight excluding hydrogens is 1510 g/mol. The molecule has 0 saturated heterocycles. The van der Waals surface area contributed by atoms with Crippen LogP contribution in [0.15, 0.2) is 170 Å². The van der Waals surface area contributed by atoms with Crippen LogP contribution in [0.1, 0.15) is 153 Å². The third-order valence-corrected chi connectivity index (χ3v) is 22.3. The number of aromatic nitrogens is 8. The lowest BCUT2D eigenvalue weighted by atomic mass is 9.87. The summed E-state index contributed by atoms with van der Waals surface area (Å²) in [6.45, 7) is 9.32. The van der Waals surface area contributed by atoms with Gasteiger partial charge in [0.25, 0.3) is 0 Å². The van der Waals surface area contributed by atoms with Crippen molar-refractivity contribution >= 4 is 46.9 Å². The van der Waals surface area contributed by atoms with Gasteiger partial charge in [-0.05, 0) is 224 Å². The van der Waals surface area contributed by atoms with E-state index in [0.717, 1.165) is 186 Å². The van der Waals surface area contributed by atoms with Gasteiger partial charge in [0, 0.05) is 70.2 Å². The first-order chi connectivity index (χ1) is 58.1. The Labute approximate surface area is 696 Å². The average molecular weight is 1610 g/mol. The van der Waals surface area contributed by atoms with Crippen LogP contribution in [0.4, 0.5) is 23.3 Å². The second kappa shape index (κ2) is 37.7. The molecule has 12 aromatic rings. The Morgan fingerprint density at radius 2 is 0.650 bits per heavy atom. The molecule has 4 aromatic heterocycles. The predicted molar refractivity (Wildman–Crippen MR) is 462 cm³/mol. The number of aliphatic hydroxyl groups excluding tert-OH is 4. The zero-order valence-electron chi connectivity index (χ0n) is 67.8. The number of phenolic OH excluding ortho intramolecular Hbond substituents is 4. The van der Waals surface area contributed by atoms with Gasteiger partial charge < -0.3 is 62.1 Å². The van der Waals surface area contributed by atoms with Crippen LogP contribution in [0, 0.1) is 17.8 Å². The molecule has 1 atom stereocenters. The second-order valence-electron chi connectivity index (χ2n) is 31.5. The van der Waals surface area contributed by atoms with Crippen LogP contribution in [0.25, 0.3) is 90.1 Å². The number of phenols is 4. The topological polar surface area (TPSA) is 381 Å². The smallest absolute Gasteiger partial charge is 0.228 e. The summed E-state index contributed by atoms with van der Waals surface area (Å²) in [6.07, 6.45) is 13.7. The molecule has 24 heteroatoms. The molecule has 24 nitrogen and oxygen atoms in total. The Bertz CT molecular complexity index is 5800. The normalized spacial score (nSPS) is 13.4. The number of hydrogen-bond acceptors (Lipinski definition) is 20. The molecule has 12 N–H and O–H groups in total. The number of nitrogens with one attached hydrogen (secondary N) is 4. The van der Waals surface area contributed by atoms with Crippen molar-refractivity contribution in [2.24, 2.45) is 17.8 Å². The molecule has 0 radical (unpaired) electrons. The van der Waals surface area contributed by atoms with Crippen LogP contribution in [-0.4, -0.2) is 104 Å². The highest BCUT2D eigenvalue weighted by molar-refractivity contribution is 5.97. The van der Waals surface area contributed by atoms with Crippen molar-refractivity contribution < 1.29 is 60.0 Å². The third kappa shape index (κ3) is 19.6. The molecule has 614 valence electrons. The molecule has 120 heavy (non-hydrogen) atoms. The van der Waals surface area contributed by atoms with Crippen molar-refractivity contribution in [2.45, 2.75) is 164 Å². The molecule has 0 aliphatic heterocycles. The second-order valence-corrected chi connectivity index (χ2v) is 31.5. The SMILES string of the molecule is CC(=O)Nc1nc2c(nc1-c1ccc(O)cc1)-c1ccc(CO)cc1CC2.CC(C)CC(=O)Nc1nc2c(nc1-c1ccc(O)cc1)-c1ccc(CO)cc1CC2.CCC(C)C(=O)Nc1nc2c(nc1-c1ccc(O)cc1)-c1ccc(CO)cc1CC2.O=C(CC1CCCCC1)Nc1nc2c(nc1-c1ccc(O)cc1)-c1ccc(CO)cc1CC2. The van der Waals surface area contributed by atoms with Crippen LogP contribution in [-0.2, 0) is 97.0 Å². The molecule has 0 spiro atoms. The lowest BCUT2D eigenvalue weighted by Gasteiger charge is -2.23. The molecule has 1 fully saturated rings. The van der Waals surface area contributed by atoms with Crippen molar-refractivity contribution in [1.82, 2.24) is 39.9 Å². The van der Waals surface area contributed by atoms with Gasteiger partial charge in [0.1, 0.15) is 45.8 Å². The van der Waals surface area contributed by atoms with Crippen molar-refractivity contribution in [3.05, 3.63) is 237 Å². The Kier molecular flexibility index (Phi) is 26.2. The maximum Gasteiger partial charge on any atom is 0.228 e. The first kappa shape index (κ1) is 83.5. The van der Waals surface area contributed by atoms with Crippen LogP contribution in [0.5, 0.6) is 23.0 Å². The van der Waals surface area contributed by atoms with E-state index in [9.17, 15) is 60.0 Å². The predicted octanol–water partition coefficient (Wildman–Crippen LogP) is 16.3. The first-order valence-corrected chi connectivity index (χ1v) is 41.0. The minimum Gasteiger partial charge on any atom is -0.508 e. The van der Waals surface area contributed by atoms with Crippen LogP contribution in [0.2, 0.25) is 0 Å². The van der Waals surface area contributed by atoms with Gasteiger partial charge in [0.05, 0.1) is 72.0 Å². The van der Waals surface area contributed by atoms with Gasteiger partial charge >= 0.3 is 0 Å². The zero-order chi connectivity index (χ0) is 84.3. The fourth-order valence-electron chi connectivity index (χ4n) is 15.8. The van der Waals surface area contributed by atoms with Crippen molar-refractivity contribution in [1.29, 1.82) is 0 Å². The van der Waals surface area contributed by atoms with E-state index in [2.05, 4.69) is 26.3 Å². The summed E-state index contributed by atoms with van der Waals surface area (Å²) < 4.78 is 0. The summed E-state index contributed by atoms with van der Waals surface area (Å²) in [5, 5.41) is 88.1. The highest BCUT2D eigenvalue weighted by atomic mass is 16.3. The number of carbonyl (C=O) groups is 4. The summed E-state index contributed by atoms with van der Waals surface area (Å²) >= 11 is 0. The maximum atomic E-state index is 12.9. The minimum absolute atomic E-state index is 0.00512. The minimum atomic E-state index is -0.215. The van der Waals surface area contributed by atoms with Gasteiger partial charge in [-0.1, -0.05) is 120 Å². The van der Waals surface area contributed by atoms with Gasteiger partial charge in [-0.2, -0.15) is 0 Å². The van der Waals surface area contributed by atoms with Crippen molar-refractivity contribution in [3.8, 4) is 113 Å². The summed E-state index contributed by atoms with van der Waals surface area (Å²) in [6, 6.07) is 50.5. The summed E-state index contributed by atoms with van der Waals surface area (Å²) in [5.74, 6) is 2.59. The van der Waals surface area contributed by atoms with Gasteiger partial charge in [-0.3, -0.25) is 19.2 Å². The Balaban J connectivity index is 0.000000131. The van der Waals surface area contributed by atoms with Crippen molar-refractivity contribution in [3.63, 3.8) is 0 Å². The molecule has 1 saturated carbocycles. The average Bonchev–Trinajstić information content (AvgIpc) is 0.778. The number of fused-ring (bicyclic) bond motifs is 12. The van der Waals surface area contributed by atoms with Crippen LogP contribution < -0.4 is 21.3 Å². The number of hydrogen-bond donors (Lipinski definition) is 12. The summed E-state index contributed by atoms with van der Waals surface area (Å²) in [7, 11) is 0. The van der Waals surface area contributed by atoms with Crippen LogP contribution >= 0.6 is 0 Å². The fraction of sp³-hybridized carbons (Fsp3) is 0.292. The number of aryl methyl sites for hydroxylation is 8. The number of rotatable bonds is 18. The first-order valence-electron chi connectivity index (χ1n) is 41.0. The Morgan fingerprint density at radius 3 is 0.933 bits per heavy atom. The molecule has 8 aromatic carbocycles. The molecule has 5 aliphatic rings. The third-order valence-electron chi connectivity index (χ3n) is 22.3. The summed E-state index contributed by atoms with van der Waals surface area (Å²) in [4.78, 5) is 88.4. The van der Waals surface area contributed by atoms with E-state index >= 15 is 0 Å². The number of anilines is 4.